The normalized spacial score (nSPS) is 11.4. The van der Waals surface area contributed by atoms with Crippen LogP contribution in [0.15, 0.2) is 45.7 Å². The van der Waals surface area contributed by atoms with Crippen molar-refractivity contribution < 1.29 is 9.21 Å². The van der Waals surface area contributed by atoms with Crippen molar-refractivity contribution in [2.45, 2.75) is 26.7 Å². The lowest BCUT2D eigenvalue weighted by Crippen LogP contribution is -2.22. The number of aromatic amines is 1. The van der Waals surface area contributed by atoms with Gasteiger partial charge in [0.05, 0.1) is 5.39 Å². The molecule has 3 heterocycles. The Bertz CT molecular complexity index is 1240. The Labute approximate surface area is 154 Å². The lowest BCUT2D eigenvalue weighted by atomic mass is 10.1. The number of rotatable bonds is 3. The van der Waals surface area contributed by atoms with Crippen LogP contribution >= 0.6 is 0 Å². The van der Waals surface area contributed by atoms with Crippen molar-refractivity contribution in [3.05, 3.63) is 63.9 Å². The summed E-state index contributed by atoms with van der Waals surface area (Å²) < 4.78 is 5.67. The third-order valence-corrected chi connectivity index (χ3v) is 4.28. The molecule has 0 aliphatic carbocycles. The highest BCUT2D eigenvalue weighted by atomic mass is 16.3. The molecule has 0 spiro atoms. The number of oxazole rings is 1. The summed E-state index contributed by atoms with van der Waals surface area (Å²) in [6, 6.07) is 8.60. The van der Waals surface area contributed by atoms with Crippen LogP contribution in [0.5, 0.6) is 0 Å². The third-order valence-electron chi connectivity index (χ3n) is 4.28. The number of pyridine rings is 2. The largest absolute Gasteiger partial charge is 0.440 e. The number of benzene rings is 1. The minimum Gasteiger partial charge on any atom is -0.440 e. The second-order valence-corrected chi connectivity index (χ2v) is 6.72. The van der Waals surface area contributed by atoms with Gasteiger partial charge in [0.2, 0.25) is 5.43 Å². The standard InChI is InChI=1S/C20H18N4O3/c1-10(2)20-24-15-8-12(5-7-16(15)27-20)23-19(26)14-9-21-18-13(17(14)25)6-4-11(3)22-18/h4-10H,1-3H3,(H,23,26)(H,21,22,25). The van der Waals surface area contributed by atoms with Crippen molar-refractivity contribution >= 4 is 33.7 Å². The van der Waals surface area contributed by atoms with Gasteiger partial charge in [-0.2, -0.15) is 0 Å². The first kappa shape index (κ1) is 17.0. The van der Waals surface area contributed by atoms with Crippen LogP contribution in [0.3, 0.4) is 0 Å². The van der Waals surface area contributed by atoms with E-state index >= 15 is 0 Å². The van der Waals surface area contributed by atoms with Crippen molar-refractivity contribution in [2.75, 3.05) is 5.32 Å². The summed E-state index contributed by atoms with van der Waals surface area (Å²) in [6.07, 6.45) is 1.39. The molecule has 0 aliphatic heterocycles. The van der Waals surface area contributed by atoms with E-state index in [1.54, 1.807) is 30.3 Å². The Morgan fingerprint density at radius 3 is 2.78 bits per heavy atom. The molecule has 0 saturated heterocycles. The molecule has 2 N–H and O–H groups in total. The number of carbonyl (C=O) groups is 1. The average Bonchev–Trinajstić information content (AvgIpc) is 3.05. The second-order valence-electron chi connectivity index (χ2n) is 6.72. The van der Waals surface area contributed by atoms with Gasteiger partial charge in [-0.15, -0.1) is 0 Å². The maximum Gasteiger partial charge on any atom is 0.261 e. The van der Waals surface area contributed by atoms with Gasteiger partial charge in [0.25, 0.3) is 5.91 Å². The molecule has 7 heteroatoms. The lowest BCUT2D eigenvalue weighted by Gasteiger charge is -2.06. The second kappa shape index (κ2) is 6.35. The predicted octanol–water partition coefficient (Wildman–Crippen LogP) is 3.75. The molecule has 1 aromatic carbocycles. The zero-order chi connectivity index (χ0) is 19.1. The van der Waals surface area contributed by atoms with Crippen LogP contribution in [0.4, 0.5) is 5.69 Å². The Hall–Kier alpha value is -3.48. The smallest absolute Gasteiger partial charge is 0.261 e. The van der Waals surface area contributed by atoms with Crippen LogP contribution in [-0.2, 0) is 0 Å². The Balaban J connectivity index is 1.66. The molecule has 0 fully saturated rings. The number of fused-ring (bicyclic) bond motifs is 2. The van der Waals surface area contributed by atoms with Gasteiger partial charge in [-0.3, -0.25) is 9.59 Å². The first-order valence-corrected chi connectivity index (χ1v) is 8.63. The topological polar surface area (TPSA) is 101 Å². The van der Waals surface area contributed by atoms with Crippen molar-refractivity contribution in [1.82, 2.24) is 15.0 Å². The summed E-state index contributed by atoms with van der Waals surface area (Å²) in [6.45, 7) is 5.83. The number of nitrogens with one attached hydrogen (secondary N) is 2. The highest BCUT2D eigenvalue weighted by Crippen LogP contribution is 2.24. The molecule has 0 atom stereocenters. The molecule has 7 nitrogen and oxygen atoms in total. The van der Waals surface area contributed by atoms with E-state index in [-0.39, 0.29) is 16.9 Å². The number of carbonyl (C=O) groups excluding carboxylic acids is 1. The van der Waals surface area contributed by atoms with Crippen molar-refractivity contribution in [3.8, 4) is 0 Å². The number of amides is 1. The van der Waals surface area contributed by atoms with Gasteiger partial charge in [0, 0.05) is 23.5 Å². The first-order chi connectivity index (χ1) is 12.9. The maximum atomic E-state index is 12.6. The highest BCUT2D eigenvalue weighted by Gasteiger charge is 2.15. The summed E-state index contributed by atoms with van der Waals surface area (Å²) in [5.74, 6) is 0.316. The molecule has 0 saturated carbocycles. The minimum atomic E-state index is -0.495. The number of aromatic nitrogens is 3. The van der Waals surface area contributed by atoms with Gasteiger partial charge < -0.3 is 14.7 Å². The Morgan fingerprint density at radius 2 is 2.00 bits per heavy atom. The molecule has 0 unspecified atom stereocenters. The number of nitrogens with zero attached hydrogens (tertiary/aromatic N) is 2. The monoisotopic (exact) mass is 362 g/mol. The molecule has 3 aromatic heterocycles. The van der Waals surface area contributed by atoms with Crippen LogP contribution in [0.25, 0.3) is 22.1 Å². The van der Waals surface area contributed by atoms with Gasteiger partial charge in [-0.25, -0.2) is 9.97 Å². The number of hydrogen-bond acceptors (Lipinski definition) is 5. The fourth-order valence-corrected chi connectivity index (χ4v) is 2.84. The zero-order valence-electron chi connectivity index (χ0n) is 15.2. The number of anilines is 1. The van der Waals surface area contributed by atoms with E-state index in [0.29, 0.717) is 33.7 Å². The highest BCUT2D eigenvalue weighted by molar-refractivity contribution is 6.06. The van der Waals surface area contributed by atoms with E-state index < -0.39 is 5.91 Å². The van der Waals surface area contributed by atoms with Gasteiger partial charge >= 0.3 is 0 Å². The summed E-state index contributed by atoms with van der Waals surface area (Å²) in [5, 5.41) is 3.12. The molecular formula is C20H18N4O3. The third kappa shape index (κ3) is 3.08. The van der Waals surface area contributed by atoms with Crippen LogP contribution in [0.1, 0.15) is 41.7 Å². The Morgan fingerprint density at radius 1 is 1.19 bits per heavy atom. The molecular weight excluding hydrogens is 344 g/mol. The molecule has 0 aliphatic rings. The summed E-state index contributed by atoms with van der Waals surface area (Å²) in [4.78, 5) is 36.8. The maximum absolute atomic E-state index is 12.6. The SMILES string of the molecule is Cc1ccc2c(=O)c(C(=O)Nc3ccc4oc(C(C)C)nc4c3)c[nH]c2n1. The van der Waals surface area contributed by atoms with E-state index in [4.69, 9.17) is 4.42 Å². The van der Waals surface area contributed by atoms with Gasteiger partial charge in [-0.05, 0) is 37.3 Å². The van der Waals surface area contributed by atoms with Crippen LogP contribution in [0, 0.1) is 6.92 Å². The molecule has 136 valence electrons. The van der Waals surface area contributed by atoms with Gasteiger partial charge in [0.1, 0.15) is 16.7 Å². The summed E-state index contributed by atoms with van der Waals surface area (Å²) in [5.41, 5.74) is 2.76. The Kier molecular flexibility index (Phi) is 3.99. The van der Waals surface area contributed by atoms with Crippen molar-refractivity contribution in [1.29, 1.82) is 0 Å². The van der Waals surface area contributed by atoms with E-state index in [9.17, 15) is 9.59 Å². The number of hydrogen-bond donors (Lipinski definition) is 2. The molecule has 1 amide bonds. The predicted molar refractivity (Wildman–Crippen MR) is 103 cm³/mol. The van der Waals surface area contributed by atoms with E-state index in [2.05, 4.69) is 20.3 Å². The van der Waals surface area contributed by atoms with Gasteiger partial charge in [-0.1, -0.05) is 13.8 Å². The van der Waals surface area contributed by atoms with Crippen LogP contribution in [0.2, 0.25) is 0 Å². The quantitative estimate of drug-likeness (QED) is 0.578. The van der Waals surface area contributed by atoms with Crippen molar-refractivity contribution in [3.63, 3.8) is 0 Å². The fraction of sp³-hybridized carbons (Fsp3) is 0.200. The number of H-pyrrole nitrogens is 1. The molecule has 4 rings (SSSR count). The lowest BCUT2D eigenvalue weighted by molar-refractivity contribution is 0.102. The average molecular weight is 362 g/mol. The van der Waals surface area contributed by atoms with E-state index in [1.165, 1.54) is 6.20 Å². The van der Waals surface area contributed by atoms with E-state index in [0.717, 1.165) is 5.69 Å². The number of aryl methyl sites for hydroxylation is 1. The summed E-state index contributed by atoms with van der Waals surface area (Å²) >= 11 is 0. The minimum absolute atomic E-state index is 0.0243. The fourth-order valence-electron chi connectivity index (χ4n) is 2.84. The van der Waals surface area contributed by atoms with Gasteiger partial charge in [0.15, 0.2) is 11.5 Å². The molecule has 27 heavy (non-hydrogen) atoms. The van der Waals surface area contributed by atoms with Crippen LogP contribution < -0.4 is 10.7 Å². The van der Waals surface area contributed by atoms with Crippen LogP contribution in [-0.4, -0.2) is 20.9 Å². The van der Waals surface area contributed by atoms with Crippen molar-refractivity contribution in [2.24, 2.45) is 0 Å². The molecule has 0 bridgehead atoms. The first-order valence-electron chi connectivity index (χ1n) is 8.63. The molecule has 4 aromatic rings. The zero-order valence-corrected chi connectivity index (χ0v) is 15.2. The summed E-state index contributed by atoms with van der Waals surface area (Å²) in [7, 11) is 0. The van der Waals surface area contributed by atoms with E-state index in [1.807, 2.05) is 20.8 Å². The molecule has 0 radical (unpaired) electrons.